The molecule has 0 bridgehead atoms. The third-order valence-corrected chi connectivity index (χ3v) is 5.80. The molecule has 1 amide bonds. The van der Waals surface area contributed by atoms with E-state index in [0.29, 0.717) is 5.16 Å². The van der Waals surface area contributed by atoms with Gasteiger partial charge in [-0.2, -0.15) is 0 Å². The fraction of sp³-hybridized carbons (Fsp3) is 0.318. The van der Waals surface area contributed by atoms with Gasteiger partial charge in [0.15, 0.2) is 11.0 Å². The number of amides is 1. The molecule has 1 heterocycles. The predicted octanol–water partition coefficient (Wildman–Crippen LogP) is 4.35. The van der Waals surface area contributed by atoms with E-state index >= 15 is 0 Å². The minimum absolute atomic E-state index is 0.0420. The van der Waals surface area contributed by atoms with E-state index in [1.165, 1.54) is 11.8 Å². The van der Waals surface area contributed by atoms with Crippen molar-refractivity contribution < 1.29 is 9.53 Å². The van der Waals surface area contributed by atoms with Gasteiger partial charge >= 0.3 is 0 Å². The van der Waals surface area contributed by atoms with E-state index in [0.717, 1.165) is 46.8 Å². The number of aryl methyl sites for hydroxylation is 2. The molecule has 0 radical (unpaired) electrons. The van der Waals surface area contributed by atoms with Crippen LogP contribution in [0, 0.1) is 0 Å². The van der Waals surface area contributed by atoms with Crippen molar-refractivity contribution in [2.45, 2.75) is 31.8 Å². The standard InChI is InChI=1S/C22H26N4O2S/c1-5-15-8-7-9-16(6-2)20(15)23-19(27)14-29-22-25-24-21(26(22)3)17-10-12-18(28-4)13-11-17/h7-13H,5-6,14H2,1-4H3,(H,23,27). The molecule has 152 valence electrons. The average molecular weight is 411 g/mol. The van der Waals surface area contributed by atoms with Crippen LogP contribution in [0.1, 0.15) is 25.0 Å². The first-order valence-electron chi connectivity index (χ1n) is 9.64. The third-order valence-electron chi connectivity index (χ3n) is 4.78. The summed E-state index contributed by atoms with van der Waals surface area (Å²) in [7, 11) is 3.54. The zero-order chi connectivity index (χ0) is 20.8. The number of para-hydroxylation sites is 1. The Kier molecular flexibility index (Phi) is 6.93. The molecule has 1 N–H and O–H groups in total. The van der Waals surface area contributed by atoms with Crippen molar-refractivity contribution in [3.8, 4) is 17.1 Å². The van der Waals surface area contributed by atoms with E-state index < -0.39 is 0 Å². The van der Waals surface area contributed by atoms with E-state index in [1.807, 2.05) is 41.9 Å². The Hall–Kier alpha value is -2.80. The molecule has 3 aromatic rings. The van der Waals surface area contributed by atoms with Crippen LogP contribution in [-0.4, -0.2) is 33.5 Å². The topological polar surface area (TPSA) is 69.0 Å². The average Bonchev–Trinajstić information content (AvgIpc) is 3.12. The first kappa shape index (κ1) is 20.9. The van der Waals surface area contributed by atoms with Gasteiger partial charge in [-0.05, 0) is 48.2 Å². The quantitative estimate of drug-likeness (QED) is 0.559. The largest absolute Gasteiger partial charge is 0.497 e. The highest BCUT2D eigenvalue weighted by molar-refractivity contribution is 7.99. The van der Waals surface area contributed by atoms with Gasteiger partial charge in [0.25, 0.3) is 0 Å². The van der Waals surface area contributed by atoms with Gasteiger partial charge in [-0.15, -0.1) is 10.2 Å². The Morgan fingerprint density at radius 1 is 1.07 bits per heavy atom. The van der Waals surface area contributed by atoms with Crippen molar-refractivity contribution in [1.82, 2.24) is 14.8 Å². The van der Waals surface area contributed by atoms with Gasteiger partial charge in [0.1, 0.15) is 5.75 Å². The Labute approximate surface area is 175 Å². The number of hydrogen-bond acceptors (Lipinski definition) is 5. The number of aromatic nitrogens is 3. The molecule has 7 heteroatoms. The zero-order valence-corrected chi connectivity index (χ0v) is 18.0. The number of anilines is 1. The number of rotatable bonds is 8. The maximum absolute atomic E-state index is 12.6. The highest BCUT2D eigenvalue weighted by atomic mass is 32.2. The maximum atomic E-state index is 12.6. The van der Waals surface area contributed by atoms with Gasteiger partial charge in [-0.3, -0.25) is 4.79 Å². The number of carbonyl (C=O) groups excluding carboxylic acids is 1. The predicted molar refractivity (Wildman–Crippen MR) is 118 cm³/mol. The first-order valence-corrected chi connectivity index (χ1v) is 10.6. The smallest absolute Gasteiger partial charge is 0.234 e. The van der Waals surface area contributed by atoms with Crippen LogP contribution in [0.25, 0.3) is 11.4 Å². The summed E-state index contributed by atoms with van der Waals surface area (Å²) in [4.78, 5) is 12.6. The Morgan fingerprint density at radius 3 is 2.31 bits per heavy atom. The van der Waals surface area contributed by atoms with Crippen LogP contribution < -0.4 is 10.1 Å². The van der Waals surface area contributed by atoms with Crippen LogP contribution in [0.15, 0.2) is 47.6 Å². The SMILES string of the molecule is CCc1cccc(CC)c1NC(=O)CSc1nnc(-c2ccc(OC)cc2)n1C. The van der Waals surface area contributed by atoms with Crippen molar-refractivity contribution in [2.75, 3.05) is 18.2 Å². The number of carbonyl (C=O) groups is 1. The Morgan fingerprint density at radius 2 is 1.72 bits per heavy atom. The number of hydrogen-bond donors (Lipinski definition) is 1. The van der Waals surface area contributed by atoms with Gasteiger partial charge in [0, 0.05) is 18.3 Å². The lowest BCUT2D eigenvalue weighted by atomic mass is 10.0. The molecular weight excluding hydrogens is 384 g/mol. The zero-order valence-electron chi connectivity index (χ0n) is 17.2. The van der Waals surface area contributed by atoms with Gasteiger partial charge in [0.2, 0.25) is 5.91 Å². The van der Waals surface area contributed by atoms with E-state index in [1.54, 1.807) is 7.11 Å². The molecule has 2 aromatic carbocycles. The number of ether oxygens (including phenoxy) is 1. The molecule has 0 atom stereocenters. The number of benzene rings is 2. The van der Waals surface area contributed by atoms with Crippen molar-refractivity contribution in [3.63, 3.8) is 0 Å². The molecular formula is C22H26N4O2S. The summed E-state index contributed by atoms with van der Waals surface area (Å²) in [6.07, 6.45) is 1.76. The molecule has 0 saturated heterocycles. The fourth-order valence-corrected chi connectivity index (χ4v) is 3.85. The second kappa shape index (κ2) is 9.60. The summed E-state index contributed by atoms with van der Waals surface area (Å²) in [6.45, 7) is 4.19. The van der Waals surface area contributed by atoms with Crippen LogP contribution in [0.2, 0.25) is 0 Å². The minimum atomic E-state index is -0.0420. The summed E-state index contributed by atoms with van der Waals surface area (Å²) in [6, 6.07) is 13.8. The molecule has 0 aliphatic rings. The summed E-state index contributed by atoms with van der Waals surface area (Å²) >= 11 is 1.38. The van der Waals surface area contributed by atoms with Gasteiger partial charge in [0.05, 0.1) is 12.9 Å². The lowest BCUT2D eigenvalue weighted by molar-refractivity contribution is -0.113. The van der Waals surface area contributed by atoms with Gasteiger partial charge in [-0.25, -0.2) is 0 Å². The monoisotopic (exact) mass is 410 g/mol. The normalized spacial score (nSPS) is 10.8. The lowest BCUT2D eigenvalue weighted by Gasteiger charge is -2.14. The minimum Gasteiger partial charge on any atom is -0.497 e. The molecule has 0 unspecified atom stereocenters. The van der Waals surface area contributed by atoms with Crippen LogP contribution in [0.5, 0.6) is 5.75 Å². The molecule has 3 rings (SSSR count). The Balaban J connectivity index is 1.68. The summed E-state index contributed by atoms with van der Waals surface area (Å²) in [5.74, 6) is 1.77. The highest BCUT2D eigenvalue weighted by Crippen LogP contribution is 2.26. The molecule has 0 aliphatic carbocycles. The van der Waals surface area contributed by atoms with Crippen molar-refractivity contribution in [2.24, 2.45) is 7.05 Å². The second-order valence-corrected chi connectivity index (χ2v) is 7.53. The van der Waals surface area contributed by atoms with E-state index in [-0.39, 0.29) is 11.7 Å². The molecule has 0 fully saturated rings. The lowest BCUT2D eigenvalue weighted by Crippen LogP contribution is -2.17. The Bertz CT molecular complexity index is 961. The van der Waals surface area contributed by atoms with E-state index in [9.17, 15) is 4.79 Å². The molecule has 0 aliphatic heterocycles. The van der Waals surface area contributed by atoms with Crippen LogP contribution in [0.3, 0.4) is 0 Å². The number of nitrogens with one attached hydrogen (secondary N) is 1. The maximum Gasteiger partial charge on any atom is 0.234 e. The van der Waals surface area contributed by atoms with Crippen molar-refractivity contribution in [3.05, 3.63) is 53.6 Å². The van der Waals surface area contributed by atoms with Gasteiger partial charge in [-0.1, -0.05) is 43.8 Å². The summed E-state index contributed by atoms with van der Waals surface area (Å²) in [5.41, 5.74) is 4.20. The van der Waals surface area contributed by atoms with Crippen molar-refractivity contribution >= 4 is 23.4 Å². The van der Waals surface area contributed by atoms with E-state index in [4.69, 9.17) is 4.74 Å². The molecule has 29 heavy (non-hydrogen) atoms. The number of nitrogens with zero attached hydrogens (tertiary/aromatic N) is 3. The van der Waals surface area contributed by atoms with Crippen LogP contribution in [-0.2, 0) is 24.7 Å². The fourth-order valence-electron chi connectivity index (χ4n) is 3.14. The third kappa shape index (κ3) is 4.79. The van der Waals surface area contributed by atoms with Crippen LogP contribution >= 0.6 is 11.8 Å². The highest BCUT2D eigenvalue weighted by Gasteiger charge is 2.15. The second-order valence-electron chi connectivity index (χ2n) is 6.59. The summed E-state index contributed by atoms with van der Waals surface area (Å²) < 4.78 is 7.10. The van der Waals surface area contributed by atoms with Gasteiger partial charge < -0.3 is 14.6 Å². The first-order chi connectivity index (χ1) is 14.1. The molecule has 0 saturated carbocycles. The van der Waals surface area contributed by atoms with Crippen LogP contribution in [0.4, 0.5) is 5.69 Å². The summed E-state index contributed by atoms with van der Waals surface area (Å²) in [5, 5.41) is 12.3. The molecule has 0 spiro atoms. The number of methoxy groups -OCH3 is 1. The van der Waals surface area contributed by atoms with Crippen molar-refractivity contribution in [1.29, 1.82) is 0 Å². The van der Waals surface area contributed by atoms with E-state index in [2.05, 4.69) is 41.5 Å². The molecule has 1 aromatic heterocycles. The number of thioether (sulfide) groups is 1. The molecule has 6 nitrogen and oxygen atoms in total.